The molecular formula is C26H28N6O3S. The molecule has 0 spiro atoms. The smallest absolute Gasteiger partial charge is 0.316 e. The van der Waals surface area contributed by atoms with Crippen molar-refractivity contribution >= 4 is 21.7 Å². The Morgan fingerprint density at radius 1 is 0.944 bits per heavy atom. The number of benzene rings is 1. The van der Waals surface area contributed by atoms with Crippen LogP contribution in [0.4, 0.5) is 0 Å². The number of nitriles is 1. The zero-order chi connectivity index (χ0) is 25.2. The number of rotatable bonds is 13. The van der Waals surface area contributed by atoms with Gasteiger partial charge in [0.05, 0.1) is 25.0 Å². The lowest BCUT2D eigenvalue weighted by Gasteiger charge is -2.21. The van der Waals surface area contributed by atoms with Crippen molar-refractivity contribution in [3.05, 3.63) is 76.7 Å². The first-order chi connectivity index (χ1) is 17.7. The normalized spacial score (nSPS) is 12.1. The Bertz CT molecular complexity index is 1250. The molecule has 10 heteroatoms. The second kappa shape index (κ2) is 13.0. The van der Waals surface area contributed by atoms with E-state index in [1.54, 1.807) is 32.7 Å². The molecule has 186 valence electrons. The summed E-state index contributed by atoms with van der Waals surface area (Å²) in [5, 5.41) is 10.5. The van der Waals surface area contributed by atoms with Crippen molar-refractivity contribution in [1.29, 1.82) is 5.26 Å². The molecule has 1 unspecified atom stereocenters. The summed E-state index contributed by atoms with van der Waals surface area (Å²) in [6.07, 6.45) is 3.32. The first-order valence-corrected chi connectivity index (χ1v) is 12.4. The quantitative estimate of drug-likeness (QED) is 0.269. The van der Waals surface area contributed by atoms with E-state index >= 15 is 0 Å². The van der Waals surface area contributed by atoms with Crippen molar-refractivity contribution in [1.82, 2.24) is 24.8 Å². The summed E-state index contributed by atoms with van der Waals surface area (Å²) in [6.45, 7) is 4.18. The highest BCUT2D eigenvalue weighted by Crippen LogP contribution is 2.30. The van der Waals surface area contributed by atoms with Crippen molar-refractivity contribution in [2.24, 2.45) is 0 Å². The molecule has 0 fully saturated rings. The fourth-order valence-electron chi connectivity index (χ4n) is 3.60. The van der Waals surface area contributed by atoms with E-state index in [1.807, 2.05) is 24.3 Å². The summed E-state index contributed by atoms with van der Waals surface area (Å²) in [5.41, 5.74) is 3.52. The highest BCUT2D eigenvalue weighted by Gasteiger charge is 2.21. The van der Waals surface area contributed by atoms with Crippen LogP contribution in [0.1, 0.15) is 27.7 Å². The van der Waals surface area contributed by atoms with Crippen LogP contribution in [0.5, 0.6) is 6.01 Å². The van der Waals surface area contributed by atoms with Crippen molar-refractivity contribution in [3.8, 4) is 12.1 Å². The van der Waals surface area contributed by atoms with Crippen molar-refractivity contribution in [2.45, 2.75) is 19.1 Å². The minimum absolute atomic E-state index is 0.223. The van der Waals surface area contributed by atoms with Crippen LogP contribution < -0.4 is 4.74 Å². The van der Waals surface area contributed by atoms with Crippen LogP contribution in [-0.2, 0) is 22.6 Å². The Kier molecular flexibility index (Phi) is 9.24. The Labute approximate surface area is 214 Å². The molecule has 0 N–H and O–H groups in total. The molecule has 0 bridgehead atoms. The maximum absolute atomic E-state index is 9.82. The second-order valence-corrected chi connectivity index (χ2v) is 9.08. The predicted molar refractivity (Wildman–Crippen MR) is 137 cm³/mol. The Balaban J connectivity index is 1.38. The summed E-state index contributed by atoms with van der Waals surface area (Å²) in [7, 11) is 3.42. The van der Waals surface area contributed by atoms with E-state index in [9.17, 15) is 5.26 Å². The molecular weight excluding hydrogens is 476 g/mol. The number of ether oxygens (including phenoxy) is 3. The largest absolute Gasteiger partial charge is 0.459 e. The first kappa shape index (κ1) is 25.6. The molecule has 4 rings (SSSR count). The molecule has 0 aliphatic rings. The number of thiazole rings is 1. The zero-order valence-corrected chi connectivity index (χ0v) is 21.1. The molecule has 4 aromatic rings. The van der Waals surface area contributed by atoms with Crippen LogP contribution in [0, 0.1) is 11.3 Å². The van der Waals surface area contributed by atoms with Gasteiger partial charge in [0.1, 0.15) is 27.9 Å². The lowest BCUT2D eigenvalue weighted by molar-refractivity contribution is 0.110. The molecule has 0 saturated carbocycles. The van der Waals surface area contributed by atoms with Gasteiger partial charge in [-0.1, -0.05) is 35.6 Å². The van der Waals surface area contributed by atoms with Gasteiger partial charge in [-0.05, 0) is 29.3 Å². The molecule has 3 heterocycles. The zero-order valence-electron chi connectivity index (χ0n) is 20.3. The van der Waals surface area contributed by atoms with Crippen LogP contribution in [-0.4, -0.2) is 65.4 Å². The predicted octanol–water partition coefficient (Wildman–Crippen LogP) is 3.81. The van der Waals surface area contributed by atoms with Gasteiger partial charge in [0, 0.05) is 46.2 Å². The number of methoxy groups -OCH3 is 2. The minimum Gasteiger partial charge on any atom is -0.459 e. The number of nitrogens with zero attached hydrogens (tertiary/aromatic N) is 6. The van der Waals surface area contributed by atoms with Crippen LogP contribution >= 0.6 is 11.3 Å². The van der Waals surface area contributed by atoms with E-state index in [-0.39, 0.29) is 6.01 Å². The third-order valence-corrected chi connectivity index (χ3v) is 6.57. The van der Waals surface area contributed by atoms with E-state index < -0.39 is 5.92 Å². The summed E-state index contributed by atoms with van der Waals surface area (Å²) >= 11 is 1.39. The SMILES string of the molecule is COCCN(CCOC)Cc1ccc(COc2nccc(C(C#N)c3nc4cccnc4s3)n2)cc1. The molecule has 0 radical (unpaired) electrons. The van der Waals surface area contributed by atoms with E-state index in [1.165, 1.54) is 16.9 Å². The van der Waals surface area contributed by atoms with Gasteiger partial charge in [-0.2, -0.15) is 10.2 Å². The monoisotopic (exact) mass is 504 g/mol. The van der Waals surface area contributed by atoms with Gasteiger partial charge in [-0.25, -0.2) is 15.0 Å². The second-order valence-electron chi connectivity index (χ2n) is 8.07. The molecule has 9 nitrogen and oxygen atoms in total. The van der Waals surface area contributed by atoms with Crippen molar-refractivity contribution in [2.75, 3.05) is 40.5 Å². The van der Waals surface area contributed by atoms with Gasteiger partial charge in [0.15, 0.2) is 0 Å². The highest BCUT2D eigenvalue weighted by atomic mass is 32.1. The van der Waals surface area contributed by atoms with Gasteiger partial charge in [0.25, 0.3) is 0 Å². The fourth-order valence-corrected chi connectivity index (χ4v) is 4.57. The third kappa shape index (κ3) is 6.80. The summed E-state index contributed by atoms with van der Waals surface area (Å²) in [6, 6.07) is 16.2. The molecule has 0 aliphatic heterocycles. The lowest BCUT2D eigenvalue weighted by Crippen LogP contribution is -2.30. The Morgan fingerprint density at radius 2 is 1.69 bits per heavy atom. The highest BCUT2D eigenvalue weighted by molar-refractivity contribution is 7.18. The Morgan fingerprint density at radius 3 is 2.39 bits per heavy atom. The van der Waals surface area contributed by atoms with Crippen LogP contribution in [0.3, 0.4) is 0 Å². The van der Waals surface area contributed by atoms with E-state index in [4.69, 9.17) is 14.2 Å². The first-order valence-electron chi connectivity index (χ1n) is 11.5. The number of aromatic nitrogens is 4. The molecule has 36 heavy (non-hydrogen) atoms. The molecule has 1 aromatic carbocycles. The fraction of sp³-hybridized carbons (Fsp3) is 0.346. The van der Waals surface area contributed by atoms with Gasteiger partial charge in [-0.3, -0.25) is 4.90 Å². The number of hydrogen-bond acceptors (Lipinski definition) is 10. The van der Waals surface area contributed by atoms with Crippen LogP contribution in [0.25, 0.3) is 10.3 Å². The average molecular weight is 505 g/mol. The number of fused-ring (bicyclic) bond motifs is 1. The van der Waals surface area contributed by atoms with Crippen LogP contribution in [0.2, 0.25) is 0 Å². The average Bonchev–Trinajstić information content (AvgIpc) is 3.34. The molecule has 0 amide bonds. The topological polar surface area (TPSA) is 106 Å². The summed E-state index contributed by atoms with van der Waals surface area (Å²) in [4.78, 5) is 20.7. The minimum atomic E-state index is -0.618. The summed E-state index contributed by atoms with van der Waals surface area (Å²) < 4.78 is 16.3. The van der Waals surface area contributed by atoms with Crippen LogP contribution in [0.15, 0.2) is 54.9 Å². The third-order valence-electron chi connectivity index (χ3n) is 5.53. The Hall–Kier alpha value is -3.49. The maximum Gasteiger partial charge on any atom is 0.316 e. The van der Waals surface area contributed by atoms with Gasteiger partial charge in [-0.15, -0.1) is 0 Å². The number of pyridine rings is 1. The lowest BCUT2D eigenvalue weighted by atomic mass is 10.1. The molecule has 0 aliphatic carbocycles. The van der Waals surface area contributed by atoms with Gasteiger partial charge < -0.3 is 14.2 Å². The number of hydrogen-bond donors (Lipinski definition) is 0. The standard InChI is InChI=1S/C26H28N6O3S/c1-33-14-12-32(13-15-34-2)17-19-5-7-20(8-6-19)18-35-26-29-11-9-22(31-26)21(16-27)24-30-23-4-3-10-28-25(23)36-24/h3-11,21H,12-15,17-18H2,1-2H3. The molecule has 0 saturated heterocycles. The molecule has 1 atom stereocenters. The molecule has 3 aromatic heterocycles. The van der Waals surface area contributed by atoms with Gasteiger partial charge in [0.2, 0.25) is 0 Å². The van der Waals surface area contributed by atoms with Crippen molar-refractivity contribution < 1.29 is 14.2 Å². The summed E-state index contributed by atoms with van der Waals surface area (Å²) in [5.74, 6) is -0.618. The van der Waals surface area contributed by atoms with E-state index in [0.717, 1.165) is 35.5 Å². The van der Waals surface area contributed by atoms with E-state index in [2.05, 4.69) is 43.0 Å². The van der Waals surface area contributed by atoms with E-state index in [0.29, 0.717) is 30.5 Å². The van der Waals surface area contributed by atoms with Crippen molar-refractivity contribution in [3.63, 3.8) is 0 Å². The van der Waals surface area contributed by atoms with Gasteiger partial charge >= 0.3 is 6.01 Å². The maximum atomic E-state index is 9.82.